The molecule has 0 bridgehead atoms. The lowest BCUT2D eigenvalue weighted by Gasteiger charge is -2.32. The minimum Gasteiger partial charge on any atom is -0.368 e. The van der Waals surface area contributed by atoms with Crippen LogP contribution >= 0.6 is 0 Å². The molecule has 2 heterocycles. The smallest absolute Gasteiger partial charge is 0.253 e. The van der Waals surface area contributed by atoms with Crippen molar-refractivity contribution in [2.75, 3.05) is 44.3 Å². The van der Waals surface area contributed by atoms with E-state index in [-0.39, 0.29) is 11.9 Å². The summed E-state index contributed by atoms with van der Waals surface area (Å²) >= 11 is 0. The lowest BCUT2D eigenvalue weighted by Crippen LogP contribution is -2.47. The molecule has 7 nitrogen and oxygen atoms in total. The molecule has 154 valence electrons. The first kappa shape index (κ1) is 19.8. The van der Waals surface area contributed by atoms with Gasteiger partial charge in [0.15, 0.2) is 0 Å². The van der Waals surface area contributed by atoms with Crippen LogP contribution in [0.4, 0.5) is 11.8 Å². The number of hydrogen-bond acceptors (Lipinski definition) is 6. The van der Waals surface area contributed by atoms with Gasteiger partial charge in [-0.1, -0.05) is 42.5 Å². The summed E-state index contributed by atoms with van der Waals surface area (Å²) in [5, 5.41) is 3.29. The summed E-state index contributed by atoms with van der Waals surface area (Å²) < 4.78 is 0. The van der Waals surface area contributed by atoms with Crippen LogP contribution in [-0.2, 0) is 6.54 Å². The molecule has 1 fully saturated rings. The second kappa shape index (κ2) is 8.92. The lowest BCUT2D eigenvalue weighted by atomic mass is 10.1. The van der Waals surface area contributed by atoms with Crippen LogP contribution in [-0.4, -0.2) is 58.9 Å². The van der Waals surface area contributed by atoms with Crippen LogP contribution < -0.4 is 11.1 Å². The molecular formula is C23H26N6O. The summed E-state index contributed by atoms with van der Waals surface area (Å²) in [6.45, 7) is 3.98. The van der Waals surface area contributed by atoms with Crippen molar-refractivity contribution in [3.8, 4) is 11.3 Å². The highest BCUT2D eigenvalue weighted by molar-refractivity contribution is 5.94. The zero-order valence-corrected chi connectivity index (χ0v) is 17.1. The van der Waals surface area contributed by atoms with E-state index < -0.39 is 0 Å². The van der Waals surface area contributed by atoms with Gasteiger partial charge in [0.2, 0.25) is 5.95 Å². The molecule has 3 aromatic rings. The van der Waals surface area contributed by atoms with Gasteiger partial charge in [-0.25, -0.2) is 4.98 Å². The maximum Gasteiger partial charge on any atom is 0.253 e. The molecule has 0 spiro atoms. The molecule has 0 aliphatic carbocycles. The molecular weight excluding hydrogens is 376 g/mol. The van der Waals surface area contributed by atoms with Gasteiger partial charge in [-0.15, -0.1) is 0 Å². The van der Waals surface area contributed by atoms with Crippen molar-refractivity contribution < 1.29 is 4.79 Å². The number of nitrogen functional groups attached to an aromatic ring is 1. The number of anilines is 2. The predicted molar refractivity (Wildman–Crippen MR) is 119 cm³/mol. The van der Waals surface area contributed by atoms with E-state index in [4.69, 9.17) is 5.73 Å². The number of amides is 1. The second-order valence-electron chi connectivity index (χ2n) is 7.51. The Balaban J connectivity index is 1.47. The summed E-state index contributed by atoms with van der Waals surface area (Å²) in [6.07, 6.45) is 0. The molecule has 0 atom stereocenters. The van der Waals surface area contributed by atoms with E-state index in [0.29, 0.717) is 17.9 Å². The standard InChI is InChI=1S/C23H26N6O/c1-28-11-13-29(14-12-28)22(30)19-9-7-18(8-10-19)20-15-21(27-23(24)26-20)25-16-17-5-3-2-4-6-17/h2-10,15H,11-14,16H2,1H3,(H3,24,25,26,27). The fourth-order valence-corrected chi connectivity index (χ4v) is 3.47. The Morgan fingerprint density at radius 1 is 1.00 bits per heavy atom. The average Bonchev–Trinajstić information content (AvgIpc) is 2.78. The van der Waals surface area contributed by atoms with Crippen LogP contribution in [0.5, 0.6) is 0 Å². The van der Waals surface area contributed by atoms with Crippen molar-refractivity contribution in [1.29, 1.82) is 0 Å². The SMILES string of the molecule is CN1CCN(C(=O)c2ccc(-c3cc(NCc4ccccc4)nc(N)n3)cc2)CC1. The highest BCUT2D eigenvalue weighted by Gasteiger charge is 2.20. The van der Waals surface area contributed by atoms with Crippen molar-refractivity contribution in [3.05, 3.63) is 71.8 Å². The average molecular weight is 403 g/mol. The first-order chi connectivity index (χ1) is 14.6. The summed E-state index contributed by atoms with van der Waals surface area (Å²) in [5.41, 5.74) is 9.38. The van der Waals surface area contributed by atoms with Crippen LogP contribution in [0.3, 0.4) is 0 Å². The lowest BCUT2D eigenvalue weighted by molar-refractivity contribution is 0.0664. The Kier molecular flexibility index (Phi) is 5.90. The van der Waals surface area contributed by atoms with Gasteiger partial charge in [-0.3, -0.25) is 4.79 Å². The zero-order valence-electron chi connectivity index (χ0n) is 17.1. The van der Waals surface area contributed by atoms with Gasteiger partial charge in [-0.2, -0.15) is 4.98 Å². The minimum atomic E-state index is 0.0714. The molecule has 1 aliphatic rings. The largest absolute Gasteiger partial charge is 0.368 e. The molecule has 0 saturated carbocycles. The summed E-state index contributed by atoms with van der Waals surface area (Å²) in [4.78, 5) is 25.5. The van der Waals surface area contributed by atoms with Crippen molar-refractivity contribution in [1.82, 2.24) is 19.8 Å². The third-order valence-corrected chi connectivity index (χ3v) is 5.28. The van der Waals surface area contributed by atoms with E-state index in [1.54, 1.807) is 0 Å². The van der Waals surface area contributed by atoms with E-state index in [9.17, 15) is 4.79 Å². The van der Waals surface area contributed by atoms with Crippen LogP contribution in [0.2, 0.25) is 0 Å². The van der Waals surface area contributed by atoms with Crippen LogP contribution in [0.15, 0.2) is 60.7 Å². The van der Waals surface area contributed by atoms with Crippen molar-refractivity contribution >= 4 is 17.7 Å². The Hall–Kier alpha value is -3.45. The Morgan fingerprint density at radius 2 is 1.70 bits per heavy atom. The van der Waals surface area contributed by atoms with Gasteiger partial charge in [0.1, 0.15) is 5.82 Å². The first-order valence-corrected chi connectivity index (χ1v) is 10.1. The predicted octanol–water partition coefficient (Wildman–Crippen LogP) is 2.73. The third-order valence-electron chi connectivity index (χ3n) is 5.28. The molecule has 0 radical (unpaired) electrons. The number of hydrogen-bond donors (Lipinski definition) is 2. The molecule has 1 aromatic heterocycles. The first-order valence-electron chi connectivity index (χ1n) is 10.1. The number of nitrogens with two attached hydrogens (primary N) is 1. The monoisotopic (exact) mass is 402 g/mol. The molecule has 0 unspecified atom stereocenters. The van der Waals surface area contributed by atoms with Gasteiger partial charge in [0.05, 0.1) is 5.69 Å². The van der Waals surface area contributed by atoms with E-state index in [0.717, 1.165) is 43.0 Å². The van der Waals surface area contributed by atoms with Crippen molar-refractivity contribution in [3.63, 3.8) is 0 Å². The van der Waals surface area contributed by atoms with Gasteiger partial charge in [-0.05, 0) is 24.7 Å². The molecule has 1 amide bonds. The van der Waals surface area contributed by atoms with E-state index in [1.165, 1.54) is 0 Å². The molecule has 2 aromatic carbocycles. The number of rotatable bonds is 5. The number of piperazine rings is 1. The van der Waals surface area contributed by atoms with Gasteiger partial charge in [0, 0.05) is 49.9 Å². The van der Waals surface area contributed by atoms with Crippen molar-refractivity contribution in [2.45, 2.75) is 6.54 Å². The van der Waals surface area contributed by atoms with Crippen LogP contribution in [0.1, 0.15) is 15.9 Å². The number of nitrogens with zero attached hydrogens (tertiary/aromatic N) is 4. The van der Waals surface area contributed by atoms with Gasteiger partial charge >= 0.3 is 0 Å². The number of carbonyl (C=O) groups excluding carboxylic acids is 1. The molecule has 1 aliphatic heterocycles. The number of benzene rings is 2. The summed E-state index contributed by atoms with van der Waals surface area (Å²) in [5.74, 6) is 0.946. The molecule has 7 heteroatoms. The molecule has 4 rings (SSSR count). The third kappa shape index (κ3) is 4.75. The number of nitrogens with one attached hydrogen (secondary N) is 1. The number of likely N-dealkylation sites (N-methyl/N-ethyl adjacent to an activating group) is 1. The normalized spacial score (nSPS) is 14.5. The van der Waals surface area contributed by atoms with E-state index >= 15 is 0 Å². The second-order valence-corrected chi connectivity index (χ2v) is 7.51. The maximum absolute atomic E-state index is 12.7. The van der Waals surface area contributed by atoms with E-state index in [1.807, 2.05) is 53.4 Å². The maximum atomic E-state index is 12.7. The van der Waals surface area contributed by atoms with Crippen LogP contribution in [0.25, 0.3) is 11.3 Å². The number of carbonyl (C=O) groups is 1. The Bertz CT molecular complexity index is 998. The highest BCUT2D eigenvalue weighted by Crippen LogP contribution is 2.22. The fraction of sp³-hybridized carbons (Fsp3) is 0.261. The van der Waals surface area contributed by atoms with E-state index in [2.05, 4.69) is 39.4 Å². The topological polar surface area (TPSA) is 87.4 Å². The molecule has 1 saturated heterocycles. The quantitative estimate of drug-likeness (QED) is 0.682. The summed E-state index contributed by atoms with van der Waals surface area (Å²) in [6, 6.07) is 19.5. The number of aromatic nitrogens is 2. The molecule has 3 N–H and O–H groups in total. The zero-order chi connectivity index (χ0) is 20.9. The van der Waals surface area contributed by atoms with Gasteiger partial charge < -0.3 is 20.9 Å². The molecule has 30 heavy (non-hydrogen) atoms. The summed E-state index contributed by atoms with van der Waals surface area (Å²) in [7, 11) is 2.08. The minimum absolute atomic E-state index is 0.0714. The Labute approximate surface area is 176 Å². The van der Waals surface area contributed by atoms with Crippen molar-refractivity contribution in [2.24, 2.45) is 0 Å². The van der Waals surface area contributed by atoms with Gasteiger partial charge in [0.25, 0.3) is 5.91 Å². The Morgan fingerprint density at radius 3 is 2.40 bits per heavy atom. The fourth-order valence-electron chi connectivity index (χ4n) is 3.47. The highest BCUT2D eigenvalue weighted by atomic mass is 16.2. The van der Waals surface area contributed by atoms with Crippen LogP contribution in [0, 0.1) is 0 Å².